The van der Waals surface area contributed by atoms with Gasteiger partial charge in [0.15, 0.2) is 16.9 Å². The fourth-order valence-electron chi connectivity index (χ4n) is 5.36. The van der Waals surface area contributed by atoms with Gasteiger partial charge in [-0.2, -0.15) is 4.98 Å². The predicted molar refractivity (Wildman–Crippen MR) is 132 cm³/mol. The summed E-state index contributed by atoms with van der Waals surface area (Å²) in [7, 11) is 0. The third kappa shape index (κ3) is 3.17. The van der Waals surface area contributed by atoms with Gasteiger partial charge >= 0.3 is 0 Å². The molecular formula is C25H24N6O5. The first-order valence-corrected chi connectivity index (χ1v) is 11.6. The van der Waals surface area contributed by atoms with Crippen molar-refractivity contribution in [3.63, 3.8) is 0 Å². The summed E-state index contributed by atoms with van der Waals surface area (Å²) in [5.41, 5.74) is 16.9. The highest BCUT2D eigenvalue weighted by molar-refractivity contribution is 6.08. The number of carbonyl (C=O) groups excluding carboxylic acids is 1. The number of imidazole rings is 1. The number of nitrogens with one attached hydrogen (secondary N) is 1. The van der Waals surface area contributed by atoms with E-state index in [0.717, 1.165) is 22.3 Å². The Balaban J connectivity index is 1.68. The number of aliphatic hydroxyl groups is 2. The Bertz CT molecular complexity index is 1620. The third-order valence-electron chi connectivity index (χ3n) is 6.99. The number of nitrogen functional groups attached to an aromatic ring is 2. The van der Waals surface area contributed by atoms with Crippen LogP contribution in [0.15, 0.2) is 35.1 Å². The summed E-state index contributed by atoms with van der Waals surface area (Å²) in [4.78, 5) is 37.0. The van der Waals surface area contributed by atoms with E-state index in [9.17, 15) is 19.8 Å². The number of fused-ring (bicyclic) bond motifs is 4. The molecule has 11 heteroatoms. The summed E-state index contributed by atoms with van der Waals surface area (Å²) in [6, 6.07) is 9.77. The number of H-pyrrole nitrogens is 1. The largest absolute Gasteiger partial charge is 0.398 e. The standard InChI is InChI=1S/C25H24N6O5/c1-10(33)19-15(7-13-12-5-3-2-4-11(12)6-14(13)20(19)26)22-28-21-23(29-25(27)30-24(21)35)31(22)18-8-16(34)17(9-32)36-18/h2-5,7,16-18,32,34H,6,8-9,26H2,1H3,(H3,27,29,30,35)/t16-,17+,18+/m0/s1. The molecule has 0 bridgehead atoms. The molecule has 0 radical (unpaired) electrons. The zero-order valence-corrected chi connectivity index (χ0v) is 19.4. The first-order valence-electron chi connectivity index (χ1n) is 11.6. The van der Waals surface area contributed by atoms with Gasteiger partial charge < -0.3 is 26.4 Å². The predicted octanol–water partition coefficient (Wildman–Crippen LogP) is 1.37. The van der Waals surface area contributed by atoms with Gasteiger partial charge in [0.2, 0.25) is 5.95 Å². The number of nitrogens with two attached hydrogens (primary N) is 2. The number of nitrogens with zero attached hydrogens (tertiary/aromatic N) is 3. The van der Waals surface area contributed by atoms with Crippen LogP contribution in [0.2, 0.25) is 0 Å². The molecule has 11 nitrogen and oxygen atoms in total. The van der Waals surface area contributed by atoms with E-state index < -0.39 is 30.6 Å². The molecule has 1 aliphatic carbocycles. The van der Waals surface area contributed by atoms with Gasteiger partial charge in [0.05, 0.1) is 18.3 Å². The van der Waals surface area contributed by atoms with Crippen LogP contribution in [0.3, 0.4) is 0 Å². The number of benzene rings is 2. The normalized spacial score (nSPS) is 20.6. The minimum absolute atomic E-state index is 0.00119. The summed E-state index contributed by atoms with van der Waals surface area (Å²) in [6.45, 7) is 1.04. The van der Waals surface area contributed by atoms with Crippen LogP contribution in [0.1, 0.15) is 41.1 Å². The number of rotatable bonds is 4. The monoisotopic (exact) mass is 488 g/mol. The lowest BCUT2D eigenvalue weighted by Gasteiger charge is -2.20. The Morgan fingerprint density at radius 1 is 1.22 bits per heavy atom. The van der Waals surface area contributed by atoms with Crippen molar-refractivity contribution in [1.82, 2.24) is 19.5 Å². The summed E-state index contributed by atoms with van der Waals surface area (Å²) in [5.74, 6) is -0.151. The molecule has 1 aliphatic heterocycles. The van der Waals surface area contributed by atoms with Gasteiger partial charge in [-0.15, -0.1) is 0 Å². The van der Waals surface area contributed by atoms with Crippen LogP contribution in [0.5, 0.6) is 0 Å². The molecule has 0 saturated carbocycles. The molecule has 0 unspecified atom stereocenters. The van der Waals surface area contributed by atoms with Gasteiger partial charge in [0.1, 0.15) is 18.2 Å². The molecule has 7 N–H and O–H groups in total. The molecular weight excluding hydrogens is 464 g/mol. The SMILES string of the molecule is CC(=O)c1c(-c2nc3c(=O)[nH]c(N)nc3n2[C@H]2C[C@H](O)[C@@H](CO)O2)cc2c(c1N)Cc1ccccc1-2. The summed E-state index contributed by atoms with van der Waals surface area (Å²) in [5, 5.41) is 20.0. The van der Waals surface area contributed by atoms with Crippen LogP contribution in [0, 0.1) is 0 Å². The van der Waals surface area contributed by atoms with Crippen LogP contribution >= 0.6 is 0 Å². The molecule has 3 atom stereocenters. The second kappa shape index (κ2) is 7.98. The van der Waals surface area contributed by atoms with Crippen molar-refractivity contribution in [2.75, 3.05) is 18.1 Å². The molecule has 1 saturated heterocycles. The van der Waals surface area contributed by atoms with Gasteiger partial charge in [0.25, 0.3) is 5.56 Å². The van der Waals surface area contributed by atoms with Crippen LogP contribution in [0.25, 0.3) is 33.7 Å². The molecule has 1 fully saturated rings. The van der Waals surface area contributed by atoms with E-state index >= 15 is 0 Å². The van der Waals surface area contributed by atoms with Crippen LogP contribution < -0.4 is 17.0 Å². The van der Waals surface area contributed by atoms with Gasteiger partial charge in [-0.3, -0.25) is 19.1 Å². The van der Waals surface area contributed by atoms with E-state index in [2.05, 4.69) is 15.0 Å². The lowest BCUT2D eigenvalue weighted by molar-refractivity contribution is -0.0426. The highest BCUT2D eigenvalue weighted by atomic mass is 16.5. The molecule has 6 rings (SSSR count). The Labute approximate surface area is 204 Å². The van der Waals surface area contributed by atoms with Gasteiger partial charge in [0, 0.05) is 24.1 Å². The van der Waals surface area contributed by atoms with Crippen molar-refractivity contribution in [1.29, 1.82) is 0 Å². The first-order chi connectivity index (χ1) is 17.3. The van der Waals surface area contributed by atoms with Crippen LogP contribution in [-0.2, 0) is 11.2 Å². The topological polar surface area (TPSA) is 182 Å². The van der Waals surface area contributed by atoms with Gasteiger partial charge in [-0.25, -0.2) is 4.98 Å². The maximum Gasteiger partial charge on any atom is 0.280 e. The number of ketones is 1. The highest BCUT2D eigenvalue weighted by Gasteiger charge is 2.38. The first kappa shape index (κ1) is 22.4. The van der Waals surface area contributed by atoms with Crippen molar-refractivity contribution < 1.29 is 19.7 Å². The van der Waals surface area contributed by atoms with Crippen LogP contribution in [0.4, 0.5) is 11.6 Å². The fraction of sp³-hybridized carbons (Fsp3) is 0.280. The lowest BCUT2D eigenvalue weighted by atomic mass is 9.93. The van der Waals surface area contributed by atoms with Crippen molar-refractivity contribution in [2.24, 2.45) is 0 Å². The smallest absolute Gasteiger partial charge is 0.280 e. The molecule has 0 amide bonds. The zero-order valence-electron chi connectivity index (χ0n) is 19.4. The minimum atomic E-state index is -0.950. The highest BCUT2D eigenvalue weighted by Crippen LogP contribution is 2.45. The molecule has 2 aliphatic rings. The number of anilines is 2. The van der Waals surface area contributed by atoms with E-state index in [-0.39, 0.29) is 40.7 Å². The van der Waals surface area contributed by atoms with Crippen molar-refractivity contribution in [3.8, 4) is 22.5 Å². The maximum absolute atomic E-state index is 12.9. The van der Waals surface area contributed by atoms with Crippen molar-refractivity contribution in [3.05, 3.63) is 57.4 Å². The van der Waals surface area contributed by atoms with Gasteiger partial charge in [-0.1, -0.05) is 24.3 Å². The minimum Gasteiger partial charge on any atom is -0.398 e. The van der Waals surface area contributed by atoms with E-state index in [1.165, 1.54) is 6.92 Å². The Morgan fingerprint density at radius 2 is 2.00 bits per heavy atom. The molecule has 2 aromatic heterocycles. The fourth-order valence-corrected chi connectivity index (χ4v) is 5.36. The molecule has 3 heterocycles. The molecule has 0 spiro atoms. The maximum atomic E-state index is 12.9. The number of aliphatic hydroxyl groups excluding tert-OH is 2. The Hall–Kier alpha value is -4.06. The second-order valence-corrected chi connectivity index (χ2v) is 9.17. The van der Waals surface area contributed by atoms with E-state index in [0.29, 0.717) is 17.7 Å². The van der Waals surface area contributed by atoms with E-state index in [4.69, 9.17) is 16.2 Å². The summed E-state index contributed by atoms with van der Waals surface area (Å²) < 4.78 is 7.46. The van der Waals surface area contributed by atoms with Crippen LogP contribution in [-0.4, -0.2) is 54.3 Å². The van der Waals surface area contributed by atoms with Crippen molar-refractivity contribution >= 4 is 28.6 Å². The number of ether oxygens (including phenoxy) is 1. The number of aromatic amines is 1. The second-order valence-electron chi connectivity index (χ2n) is 9.17. The number of hydrogen-bond donors (Lipinski definition) is 5. The summed E-state index contributed by atoms with van der Waals surface area (Å²) in [6.07, 6.45) is -1.90. The van der Waals surface area contributed by atoms with E-state index in [1.54, 1.807) is 4.57 Å². The summed E-state index contributed by atoms with van der Waals surface area (Å²) >= 11 is 0. The average molecular weight is 489 g/mol. The number of aromatic nitrogens is 4. The molecule has 4 aromatic rings. The Kier molecular flexibility index (Phi) is 4.97. The third-order valence-corrected chi connectivity index (χ3v) is 6.99. The van der Waals surface area contributed by atoms with E-state index in [1.807, 2.05) is 30.3 Å². The average Bonchev–Trinajstić information content (AvgIpc) is 3.51. The number of Topliss-reactive ketones (excluding diaryl/α,β-unsaturated/α-hetero) is 1. The lowest BCUT2D eigenvalue weighted by Crippen LogP contribution is -2.24. The number of carbonyl (C=O) groups is 1. The number of hydrogen-bond acceptors (Lipinski definition) is 9. The molecule has 36 heavy (non-hydrogen) atoms. The van der Waals surface area contributed by atoms with Gasteiger partial charge in [-0.05, 0) is 35.2 Å². The molecule has 2 aromatic carbocycles. The quantitative estimate of drug-likeness (QED) is 0.184. The zero-order chi connectivity index (χ0) is 25.3. The van der Waals surface area contributed by atoms with Crippen molar-refractivity contribution in [2.45, 2.75) is 38.2 Å². The Morgan fingerprint density at radius 3 is 2.72 bits per heavy atom. The molecule has 184 valence electrons.